The molecule has 0 heterocycles. The Labute approximate surface area is 57.5 Å². The summed E-state index contributed by atoms with van der Waals surface area (Å²) in [6.45, 7) is 6.37. The first kappa shape index (κ1) is 8.41. The summed E-state index contributed by atoms with van der Waals surface area (Å²) in [4.78, 5) is 3.95. The Morgan fingerprint density at radius 3 is 2.11 bits per heavy atom. The van der Waals surface area contributed by atoms with Crippen LogP contribution in [0.25, 0.3) is 0 Å². The number of hydrogen-bond acceptors (Lipinski definition) is 1. The minimum absolute atomic E-state index is 1.08. The maximum absolute atomic E-state index is 3.95. The number of hydrogen-bond donors (Lipinski definition) is 0. The monoisotopic (exact) mass is 125 g/mol. The van der Waals surface area contributed by atoms with Crippen LogP contribution in [-0.4, -0.2) is 13.3 Å². The highest BCUT2D eigenvalue weighted by Crippen LogP contribution is 2.03. The van der Waals surface area contributed by atoms with E-state index in [1.165, 1.54) is 11.1 Å². The predicted molar refractivity (Wildman–Crippen MR) is 43.1 cm³/mol. The van der Waals surface area contributed by atoms with Gasteiger partial charge in [0.05, 0.1) is 0 Å². The molecule has 1 heteroatoms. The highest BCUT2D eigenvalue weighted by Gasteiger charge is 1.88. The van der Waals surface area contributed by atoms with E-state index in [0.717, 1.165) is 6.42 Å². The molecule has 0 amide bonds. The molecule has 9 heavy (non-hydrogen) atoms. The standard InChI is InChI=1S/C8H15N/c1-5-8(6-9-4)7(2)3/h6H,5H2,1-4H3/b9-6-. The molecule has 0 spiro atoms. The molecule has 0 rings (SSSR count). The summed E-state index contributed by atoms with van der Waals surface area (Å²) in [5, 5.41) is 0. The second-order valence-corrected chi connectivity index (χ2v) is 2.27. The Bertz CT molecular complexity index is 128. The van der Waals surface area contributed by atoms with E-state index in [9.17, 15) is 0 Å². The van der Waals surface area contributed by atoms with Crippen LogP contribution in [0.2, 0.25) is 0 Å². The smallest absolute Gasteiger partial charge is 0.0277 e. The van der Waals surface area contributed by atoms with E-state index in [1.807, 2.05) is 6.21 Å². The van der Waals surface area contributed by atoms with Gasteiger partial charge in [0, 0.05) is 13.3 Å². The summed E-state index contributed by atoms with van der Waals surface area (Å²) in [6, 6.07) is 0. The second-order valence-electron chi connectivity index (χ2n) is 2.27. The summed E-state index contributed by atoms with van der Waals surface area (Å²) >= 11 is 0. The van der Waals surface area contributed by atoms with Gasteiger partial charge in [-0.05, 0) is 25.8 Å². The molecule has 0 aromatic carbocycles. The Hall–Kier alpha value is -0.590. The van der Waals surface area contributed by atoms with Crippen molar-refractivity contribution in [1.29, 1.82) is 0 Å². The number of rotatable bonds is 2. The maximum atomic E-state index is 3.95. The summed E-state index contributed by atoms with van der Waals surface area (Å²) in [5.41, 5.74) is 2.71. The molecule has 0 N–H and O–H groups in total. The third kappa shape index (κ3) is 3.07. The van der Waals surface area contributed by atoms with E-state index in [0.29, 0.717) is 0 Å². The SMILES string of the molecule is CCC(/C=N\C)=C(C)C. The first-order valence-corrected chi connectivity index (χ1v) is 3.30. The highest BCUT2D eigenvalue weighted by molar-refractivity contribution is 5.79. The van der Waals surface area contributed by atoms with E-state index in [4.69, 9.17) is 0 Å². The van der Waals surface area contributed by atoms with Crippen LogP contribution in [0.3, 0.4) is 0 Å². The summed E-state index contributed by atoms with van der Waals surface area (Å²) < 4.78 is 0. The average Bonchev–Trinajstić information content (AvgIpc) is 1.82. The first-order chi connectivity index (χ1) is 4.22. The van der Waals surface area contributed by atoms with Crippen molar-refractivity contribution in [2.24, 2.45) is 4.99 Å². The highest BCUT2D eigenvalue weighted by atomic mass is 14.6. The Kier molecular flexibility index (Phi) is 4.02. The third-order valence-corrected chi connectivity index (χ3v) is 1.31. The summed E-state index contributed by atoms with van der Waals surface area (Å²) in [6.07, 6.45) is 3.01. The lowest BCUT2D eigenvalue weighted by Crippen LogP contribution is -1.84. The van der Waals surface area contributed by atoms with Crippen LogP contribution >= 0.6 is 0 Å². The Morgan fingerprint density at radius 2 is 2.00 bits per heavy atom. The van der Waals surface area contributed by atoms with Crippen molar-refractivity contribution in [1.82, 2.24) is 0 Å². The Balaban J connectivity index is 4.16. The molecule has 0 aliphatic carbocycles. The largest absolute Gasteiger partial charge is 0.296 e. The van der Waals surface area contributed by atoms with E-state index < -0.39 is 0 Å². The summed E-state index contributed by atoms with van der Waals surface area (Å²) in [7, 11) is 1.80. The zero-order valence-electron chi connectivity index (χ0n) is 6.73. The molecule has 0 bridgehead atoms. The van der Waals surface area contributed by atoms with E-state index in [-0.39, 0.29) is 0 Å². The minimum Gasteiger partial charge on any atom is -0.296 e. The van der Waals surface area contributed by atoms with E-state index >= 15 is 0 Å². The van der Waals surface area contributed by atoms with Crippen molar-refractivity contribution in [3.8, 4) is 0 Å². The maximum Gasteiger partial charge on any atom is 0.0277 e. The lowest BCUT2D eigenvalue weighted by atomic mass is 10.1. The molecule has 0 saturated carbocycles. The van der Waals surface area contributed by atoms with Gasteiger partial charge in [0.25, 0.3) is 0 Å². The predicted octanol–water partition coefficient (Wildman–Crippen LogP) is 2.43. The molecule has 0 fully saturated rings. The van der Waals surface area contributed by atoms with Crippen molar-refractivity contribution in [3.05, 3.63) is 11.1 Å². The zero-order chi connectivity index (χ0) is 7.28. The molecule has 1 nitrogen and oxygen atoms in total. The van der Waals surface area contributed by atoms with Gasteiger partial charge in [-0.2, -0.15) is 0 Å². The lowest BCUT2D eigenvalue weighted by Gasteiger charge is -1.96. The molecular formula is C8H15N. The van der Waals surface area contributed by atoms with Crippen LogP contribution in [0.4, 0.5) is 0 Å². The van der Waals surface area contributed by atoms with Crippen LogP contribution in [-0.2, 0) is 0 Å². The van der Waals surface area contributed by atoms with Gasteiger partial charge in [-0.25, -0.2) is 0 Å². The molecular weight excluding hydrogens is 110 g/mol. The minimum atomic E-state index is 1.08. The molecule has 0 aromatic rings. The Morgan fingerprint density at radius 1 is 1.44 bits per heavy atom. The van der Waals surface area contributed by atoms with Gasteiger partial charge < -0.3 is 0 Å². The van der Waals surface area contributed by atoms with E-state index in [1.54, 1.807) is 7.05 Å². The fourth-order valence-corrected chi connectivity index (χ4v) is 0.730. The second kappa shape index (κ2) is 4.30. The van der Waals surface area contributed by atoms with Crippen LogP contribution < -0.4 is 0 Å². The van der Waals surface area contributed by atoms with Gasteiger partial charge in [0.1, 0.15) is 0 Å². The molecule has 0 aliphatic rings. The molecule has 0 saturated heterocycles. The molecule has 52 valence electrons. The number of allylic oxidation sites excluding steroid dienone is 2. The zero-order valence-corrected chi connectivity index (χ0v) is 6.73. The molecule has 0 aliphatic heterocycles. The fraction of sp³-hybridized carbons (Fsp3) is 0.625. The van der Waals surface area contributed by atoms with Gasteiger partial charge >= 0.3 is 0 Å². The van der Waals surface area contributed by atoms with E-state index in [2.05, 4.69) is 25.8 Å². The van der Waals surface area contributed by atoms with Crippen molar-refractivity contribution in [2.75, 3.05) is 7.05 Å². The van der Waals surface area contributed by atoms with Crippen LogP contribution in [0.1, 0.15) is 27.2 Å². The number of nitrogens with zero attached hydrogens (tertiary/aromatic N) is 1. The normalized spacial score (nSPS) is 10.2. The van der Waals surface area contributed by atoms with Crippen molar-refractivity contribution in [2.45, 2.75) is 27.2 Å². The number of aliphatic imine (C=N–C) groups is 1. The van der Waals surface area contributed by atoms with Crippen molar-refractivity contribution < 1.29 is 0 Å². The summed E-state index contributed by atoms with van der Waals surface area (Å²) in [5.74, 6) is 0. The molecule has 0 radical (unpaired) electrons. The fourth-order valence-electron chi connectivity index (χ4n) is 0.730. The van der Waals surface area contributed by atoms with Gasteiger partial charge in [0.2, 0.25) is 0 Å². The third-order valence-electron chi connectivity index (χ3n) is 1.31. The first-order valence-electron chi connectivity index (χ1n) is 3.30. The van der Waals surface area contributed by atoms with Gasteiger partial charge in [0.15, 0.2) is 0 Å². The van der Waals surface area contributed by atoms with Gasteiger partial charge in [-0.1, -0.05) is 12.5 Å². The van der Waals surface area contributed by atoms with Crippen LogP contribution in [0, 0.1) is 0 Å². The van der Waals surface area contributed by atoms with Crippen LogP contribution in [0.5, 0.6) is 0 Å². The molecule has 0 aromatic heterocycles. The van der Waals surface area contributed by atoms with Gasteiger partial charge in [-0.3, -0.25) is 4.99 Å². The van der Waals surface area contributed by atoms with Gasteiger partial charge in [-0.15, -0.1) is 0 Å². The quantitative estimate of drug-likeness (QED) is 0.503. The lowest BCUT2D eigenvalue weighted by molar-refractivity contribution is 1.13. The topological polar surface area (TPSA) is 12.4 Å². The molecule has 0 unspecified atom stereocenters. The van der Waals surface area contributed by atoms with Crippen molar-refractivity contribution in [3.63, 3.8) is 0 Å². The molecule has 0 atom stereocenters. The average molecular weight is 125 g/mol. The van der Waals surface area contributed by atoms with Crippen LogP contribution in [0.15, 0.2) is 16.1 Å². The van der Waals surface area contributed by atoms with Crippen molar-refractivity contribution >= 4 is 6.21 Å².